The van der Waals surface area contributed by atoms with E-state index in [4.69, 9.17) is 5.73 Å². The van der Waals surface area contributed by atoms with Gasteiger partial charge in [-0.1, -0.05) is 6.07 Å². The summed E-state index contributed by atoms with van der Waals surface area (Å²) in [5, 5.41) is 2.95. The van der Waals surface area contributed by atoms with Crippen molar-refractivity contribution in [3.05, 3.63) is 66.5 Å². The van der Waals surface area contributed by atoms with E-state index in [0.717, 1.165) is 0 Å². The number of anilines is 4. The van der Waals surface area contributed by atoms with E-state index in [0.29, 0.717) is 11.5 Å². The number of hydrogen-bond donors (Lipinski definition) is 4. The molecular formula is C16H14FN7O. The van der Waals surface area contributed by atoms with Crippen molar-refractivity contribution in [1.29, 1.82) is 0 Å². The zero-order valence-corrected chi connectivity index (χ0v) is 12.9. The van der Waals surface area contributed by atoms with Gasteiger partial charge in [0, 0.05) is 11.9 Å². The van der Waals surface area contributed by atoms with Crippen LogP contribution in [0.2, 0.25) is 0 Å². The third-order valence-corrected chi connectivity index (χ3v) is 3.18. The van der Waals surface area contributed by atoms with E-state index < -0.39 is 5.91 Å². The van der Waals surface area contributed by atoms with Crippen LogP contribution in [0.25, 0.3) is 0 Å². The molecule has 0 bridgehead atoms. The molecular weight excluding hydrogens is 325 g/mol. The molecule has 0 saturated carbocycles. The number of halogens is 1. The van der Waals surface area contributed by atoms with Gasteiger partial charge in [0.15, 0.2) is 11.6 Å². The third-order valence-electron chi connectivity index (χ3n) is 3.18. The molecule has 3 aromatic rings. The van der Waals surface area contributed by atoms with E-state index in [9.17, 15) is 9.18 Å². The zero-order chi connectivity index (χ0) is 17.6. The average Bonchev–Trinajstić information content (AvgIpc) is 2.64. The van der Waals surface area contributed by atoms with Crippen LogP contribution in [0.5, 0.6) is 0 Å². The number of pyridine rings is 1. The van der Waals surface area contributed by atoms with Crippen LogP contribution in [0.1, 0.15) is 10.5 Å². The first-order valence-electron chi connectivity index (χ1n) is 7.24. The lowest BCUT2D eigenvalue weighted by molar-refractivity contribution is 0.0957. The van der Waals surface area contributed by atoms with Crippen LogP contribution in [0.4, 0.5) is 27.4 Å². The van der Waals surface area contributed by atoms with Gasteiger partial charge >= 0.3 is 0 Å². The summed E-state index contributed by atoms with van der Waals surface area (Å²) in [5.41, 5.74) is 12.1. The second-order valence-corrected chi connectivity index (χ2v) is 4.91. The van der Waals surface area contributed by atoms with E-state index >= 15 is 0 Å². The predicted octanol–water partition coefficient (Wildman–Crippen LogP) is 2.09. The third kappa shape index (κ3) is 3.96. The number of hydrazine groups is 1. The van der Waals surface area contributed by atoms with Crippen molar-refractivity contribution in [2.24, 2.45) is 0 Å². The second kappa shape index (κ2) is 7.21. The first kappa shape index (κ1) is 16.1. The van der Waals surface area contributed by atoms with Gasteiger partial charge in [0.05, 0.1) is 0 Å². The Hall–Kier alpha value is -3.75. The van der Waals surface area contributed by atoms with Gasteiger partial charge in [0.1, 0.15) is 23.5 Å². The molecule has 2 aromatic heterocycles. The van der Waals surface area contributed by atoms with E-state index in [1.165, 1.54) is 24.7 Å². The summed E-state index contributed by atoms with van der Waals surface area (Å²) in [6, 6.07) is 10.7. The van der Waals surface area contributed by atoms with E-state index in [1.54, 1.807) is 30.3 Å². The van der Waals surface area contributed by atoms with Crippen LogP contribution >= 0.6 is 0 Å². The Kier molecular flexibility index (Phi) is 4.65. The Balaban J connectivity index is 1.70. The predicted molar refractivity (Wildman–Crippen MR) is 91.5 cm³/mol. The van der Waals surface area contributed by atoms with Crippen molar-refractivity contribution >= 4 is 28.9 Å². The fourth-order valence-electron chi connectivity index (χ4n) is 1.94. The summed E-state index contributed by atoms with van der Waals surface area (Å²) in [4.78, 5) is 23.9. The molecule has 0 atom stereocenters. The Morgan fingerprint density at radius 3 is 2.48 bits per heavy atom. The molecule has 0 saturated heterocycles. The summed E-state index contributed by atoms with van der Waals surface area (Å²) in [7, 11) is 0. The number of hydrogen-bond acceptors (Lipinski definition) is 7. The summed E-state index contributed by atoms with van der Waals surface area (Å²) in [5.74, 6) is -0.257. The lowest BCUT2D eigenvalue weighted by atomic mass is 10.3. The maximum absolute atomic E-state index is 13.0. The average molecular weight is 339 g/mol. The van der Waals surface area contributed by atoms with Gasteiger partial charge in [-0.25, -0.2) is 14.4 Å². The van der Waals surface area contributed by atoms with Crippen LogP contribution in [-0.2, 0) is 0 Å². The Morgan fingerprint density at radius 1 is 1.00 bits per heavy atom. The standard InChI is InChI=1S/C16H14FN7O/c17-10-4-6-11(7-5-10)22-14-13(18)15(21-9-20-14)23-24-16(25)12-3-1-2-8-19-12/h1-9H,18H2,(H,24,25)(H2,20,21,22,23). The number of amides is 1. The topological polar surface area (TPSA) is 118 Å². The Bertz CT molecular complexity index is 871. The molecule has 0 aliphatic carbocycles. The SMILES string of the molecule is Nc1c(NNC(=O)c2ccccn2)ncnc1Nc1ccc(F)cc1. The minimum absolute atomic E-state index is 0.188. The number of rotatable bonds is 5. The molecule has 0 aliphatic heterocycles. The number of nitrogens with one attached hydrogen (secondary N) is 3. The van der Waals surface area contributed by atoms with Gasteiger partial charge in [-0.2, -0.15) is 0 Å². The van der Waals surface area contributed by atoms with Crippen LogP contribution in [0.15, 0.2) is 55.0 Å². The number of nitrogen functional groups attached to an aromatic ring is 1. The summed E-state index contributed by atoms with van der Waals surface area (Å²) < 4.78 is 13.0. The van der Waals surface area contributed by atoms with Gasteiger partial charge < -0.3 is 11.1 Å². The van der Waals surface area contributed by atoms with Gasteiger partial charge in [-0.15, -0.1) is 0 Å². The molecule has 0 spiro atoms. The highest BCUT2D eigenvalue weighted by Gasteiger charge is 2.11. The van der Waals surface area contributed by atoms with Crippen molar-refractivity contribution in [3.8, 4) is 0 Å². The molecule has 0 unspecified atom stereocenters. The Labute approximate surface area is 142 Å². The number of nitrogens with two attached hydrogens (primary N) is 1. The molecule has 5 N–H and O–H groups in total. The largest absolute Gasteiger partial charge is 0.393 e. The number of benzene rings is 1. The van der Waals surface area contributed by atoms with Gasteiger partial charge in [-0.3, -0.25) is 20.6 Å². The molecule has 3 rings (SSSR count). The zero-order valence-electron chi connectivity index (χ0n) is 12.9. The van der Waals surface area contributed by atoms with Gasteiger partial charge in [0.2, 0.25) is 0 Å². The molecule has 2 heterocycles. The van der Waals surface area contributed by atoms with Gasteiger partial charge in [-0.05, 0) is 36.4 Å². The van der Waals surface area contributed by atoms with Crippen LogP contribution < -0.4 is 21.9 Å². The molecule has 0 aliphatic rings. The maximum atomic E-state index is 13.0. The van der Waals surface area contributed by atoms with E-state index in [1.807, 2.05) is 0 Å². The van der Waals surface area contributed by atoms with E-state index in [-0.39, 0.29) is 23.0 Å². The smallest absolute Gasteiger partial charge is 0.288 e. The van der Waals surface area contributed by atoms with Crippen LogP contribution in [0.3, 0.4) is 0 Å². The first-order valence-corrected chi connectivity index (χ1v) is 7.24. The number of carbonyl (C=O) groups is 1. The fourth-order valence-corrected chi connectivity index (χ4v) is 1.94. The van der Waals surface area contributed by atoms with Crippen molar-refractivity contribution < 1.29 is 9.18 Å². The number of aromatic nitrogens is 3. The van der Waals surface area contributed by atoms with Crippen LogP contribution in [-0.4, -0.2) is 20.9 Å². The van der Waals surface area contributed by atoms with Crippen molar-refractivity contribution in [2.75, 3.05) is 16.5 Å². The minimum atomic E-state index is -0.438. The number of nitrogens with zero attached hydrogens (tertiary/aromatic N) is 3. The van der Waals surface area contributed by atoms with Crippen molar-refractivity contribution in [2.45, 2.75) is 0 Å². The molecule has 9 heteroatoms. The van der Waals surface area contributed by atoms with Crippen molar-refractivity contribution in [1.82, 2.24) is 20.4 Å². The molecule has 0 radical (unpaired) electrons. The van der Waals surface area contributed by atoms with Gasteiger partial charge in [0.25, 0.3) is 5.91 Å². The van der Waals surface area contributed by atoms with E-state index in [2.05, 4.69) is 31.1 Å². The molecule has 8 nitrogen and oxygen atoms in total. The second-order valence-electron chi connectivity index (χ2n) is 4.91. The lowest BCUT2D eigenvalue weighted by Crippen LogP contribution is -2.31. The quantitative estimate of drug-likeness (QED) is 0.526. The molecule has 1 aromatic carbocycles. The molecule has 1 amide bonds. The van der Waals surface area contributed by atoms with Crippen LogP contribution in [0, 0.1) is 5.82 Å². The highest BCUT2D eigenvalue weighted by molar-refractivity contribution is 5.93. The Morgan fingerprint density at radius 2 is 1.76 bits per heavy atom. The number of carbonyl (C=O) groups excluding carboxylic acids is 1. The summed E-state index contributed by atoms with van der Waals surface area (Å²) >= 11 is 0. The molecule has 126 valence electrons. The monoisotopic (exact) mass is 339 g/mol. The lowest BCUT2D eigenvalue weighted by Gasteiger charge is -2.13. The molecule has 25 heavy (non-hydrogen) atoms. The highest BCUT2D eigenvalue weighted by Crippen LogP contribution is 2.25. The summed E-state index contributed by atoms with van der Waals surface area (Å²) in [6.07, 6.45) is 2.79. The molecule has 0 fully saturated rings. The maximum Gasteiger partial charge on any atom is 0.288 e. The minimum Gasteiger partial charge on any atom is -0.393 e. The highest BCUT2D eigenvalue weighted by atomic mass is 19.1. The first-order chi connectivity index (χ1) is 12.1. The fraction of sp³-hybridized carbons (Fsp3) is 0. The normalized spacial score (nSPS) is 10.1. The van der Waals surface area contributed by atoms with Crippen molar-refractivity contribution in [3.63, 3.8) is 0 Å². The summed E-state index contributed by atoms with van der Waals surface area (Å²) in [6.45, 7) is 0.